The van der Waals surface area contributed by atoms with Gasteiger partial charge >= 0.3 is 0 Å². The van der Waals surface area contributed by atoms with Gasteiger partial charge in [-0.2, -0.15) is 17.0 Å². The second-order valence-electron chi connectivity index (χ2n) is 8.45. The van der Waals surface area contributed by atoms with Crippen LogP contribution in [0.15, 0.2) is 0 Å². The Kier molecular flexibility index (Phi) is 6.27. The molecule has 4 heterocycles. The minimum atomic E-state index is -3.47. The van der Waals surface area contributed by atoms with Crippen LogP contribution < -0.4 is 0 Å². The molecule has 0 N–H and O–H groups in total. The number of nitrogens with zero attached hydrogens (tertiary/aromatic N) is 3. The van der Waals surface area contributed by atoms with Crippen molar-refractivity contribution in [1.82, 2.24) is 13.5 Å². The highest BCUT2D eigenvalue weighted by atomic mass is 32.2. The number of carbonyl (C=O) groups excluding carboxylic acids is 1. The van der Waals surface area contributed by atoms with Gasteiger partial charge in [-0.3, -0.25) is 4.79 Å². The first kappa shape index (κ1) is 20.5. The lowest BCUT2D eigenvalue weighted by atomic mass is 9.96. The van der Waals surface area contributed by atoms with E-state index in [2.05, 4.69) is 0 Å². The van der Waals surface area contributed by atoms with Crippen LogP contribution in [-0.2, 0) is 24.5 Å². The van der Waals surface area contributed by atoms with E-state index in [4.69, 9.17) is 9.47 Å². The lowest BCUT2D eigenvalue weighted by molar-refractivity contribution is -0.188. The number of ether oxygens (including phenoxy) is 2. The van der Waals surface area contributed by atoms with Gasteiger partial charge in [-0.15, -0.1) is 0 Å². The summed E-state index contributed by atoms with van der Waals surface area (Å²) in [5, 5.41) is 0. The summed E-state index contributed by atoms with van der Waals surface area (Å²) in [5.41, 5.74) is 0. The van der Waals surface area contributed by atoms with Gasteiger partial charge in [-0.1, -0.05) is 12.8 Å². The molecule has 0 aromatic carbocycles. The van der Waals surface area contributed by atoms with Crippen LogP contribution in [-0.4, -0.2) is 86.1 Å². The summed E-state index contributed by atoms with van der Waals surface area (Å²) in [6, 6.07) is 0. The molecule has 4 rings (SSSR count). The third-order valence-corrected chi connectivity index (χ3v) is 8.60. The fourth-order valence-electron chi connectivity index (χ4n) is 4.90. The Bertz CT molecular complexity index is 646. The minimum absolute atomic E-state index is 0.0867. The van der Waals surface area contributed by atoms with Crippen LogP contribution >= 0.6 is 0 Å². The first-order valence-corrected chi connectivity index (χ1v) is 12.2. The summed E-state index contributed by atoms with van der Waals surface area (Å²) in [6.07, 6.45) is 6.94. The Labute approximate surface area is 168 Å². The first-order valence-electron chi connectivity index (χ1n) is 10.8. The van der Waals surface area contributed by atoms with Gasteiger partial charge in [-0.25, -0.2) is 0 Å². The molecule has 4 aliphatic rings. The predicted molar refractivity (Wildman–Crippen MR) is 104 cm³/mol. The molecule has 0 aliphatic carbocycles. The Balaban J connectivity index is 1.36. The van der Waals surface area contributed by atoms with Crippen LogP contribution in [0.4, 0.5) is 0 Å². The highest BCUT2D eigenvalue weighted by Crippen LogP contribution is 2.32. The Hall–Kier alpha value is -0.740. The summed E-state index contributed by atoms with van der Waals surface area (Å²) < 4.78 is 40.9. The van der Waals surface area contributed by atoms with E-state index in [1.807, 2.05) is 4.90 Å². The molecule has 1 atom stereocenters. The third kappa shape index (κ3) is 4.23. The number of piperidine rings is 2. The van der Waals surface area contributed by atoms with Crippen molar-refractivity contribution < 1.29 is 22.7 Å². The molecule has 28 heavy (non-hydrogen) atoms. The van der Waals surface area contributed by atoms with Crippen molar-refractivity contribution in [3.8, 4) is 0 Å². The number of rotatable bonds is 3. The molecule has 160 valence electrons. The highest BCUT2D eigenvalue weighted by molar-refractivity contribution is 7.86. The lowest BCUT2D eigenvalue weighted by Gasteiger charge is -2.40. The molecule has 0 saturated carbocycles. The number of hydrogen-bond acceptors (Lipinski definition) is 5. The summed E-state index contributed by atoms with van der Waals surface area (Å²) in [7, 11) is -3.47. The molecule has 4 aliphatic heterocycles. The van der Waals surface area contributed by atoms with E-state index in [0.717, 1.165) is 38.5 Å². The Morgan fingerprint density at radius 2 is 1.43 bits per heavy atom. The molecule has 4 saturated heterocycles. The third-order valence-electron chi connectivity index (χ3n) is 6.60. The average Bonchev–Trinajstić information content (AvgIpc) is 2.99. The summed E-state index contributed by atoms with van der Waals surface area (Å²) >= 11 is 0. The standard InChI is InChI=1S/C19H33N3O5S/c23-18(20-12-7-19(8-13-20)26-14-15-27-19)17-6-5-11-22(16-17)28(24,25)21-9-3-1-2-4-10-21/h17H,1-16H2. The fraction of sp³-hybridized carbons (Fsp3) is 0.947. The lowest BCUT2D eigenvalue weighted by Crippen LogP contribution is -2.53. The Morgan fingerprint density at radius 3 is 2.07 bits per heavy atom. The van der Waals surface area contributed by atoms with Crippen molar-refractivity contribution in [2.75, 3.05) is 52.5 Å². The molecular weight excluding hydrogens is 382 g/mol. The van der Waals surface area contributed by atoms with Gasteiger partial charge in [0.1, 0.15) is 0 Å². The second kappa shape index (κ2) is 8.55. The molecule has 4 fully saturated rings. The fourth-order valence-corrected chi connectivity index (χ4v) is 6.68. The molecule has 9 heteroatoms. The van der Waals surface area contributed by atoms with Gasteiger partial charge < -0.3 is 14.4 Å². The minimum Gasteiger partial charge on any atom is -0.347 e. The zero-order valence-corrected chi connectivity index (χ0v) is 17.5. The van der Waals surface area contributed by atoms with E-state index in [-0.39, 0.29) is 11.8 Å². The molecule has 0 aromatic heterocycles. The predicted octanol–water partition coefficient (Wildman–Crippen LogP) is 1.18. The van der Waals surface area contributed by atoms with Crippen LogP contribution in [0.1, 0.15) is 51.4 Å². The zero-order valence-electron chi connectivity index (χ0n) is 16.7. The highest BCUT2D eigenvalue weighted by Gasteiger charge is 2.43. The Morgan fingerprint density at radius 1 is 0.821 bits per heavy atom. The van der Waals surface area contributed by atoms with Crippen LogP contribution in [0.5, 0.6) is 0 Å². The van der Waals surface area contributed by atoms with Crippen molar-refractivity contribution in [2.45, 2.75) is 57.2 Å². The van der Waals surface area contributed by atoms with Crippen LogP contribution in [0.2, 0.25) is 0 Å². The zero-order chi connectivity index (χ0) is 19.6. The summed E-state index contributed by atoms with van der Waals surface area (Å²) in [4.78, 5) is 14.9. The van der Waals surface area contributed by atoms with Gasteiger partial charge in [-0.05, 0) is 25.7 Å². The topological polar surface area (TPSA) is 79.4 Å². The first-order chi connectivity index (χ1) is 13.5. The largest absolute Gasteiger partial charge is 0.347 e. The molecule has 0 aromatic rings. The molecule has 1 unspecified atom stereocenters. The molecule has 0 radical (unpaired) electrons. The van der Waals surface area contributed by atoms with Gasteiger partial charge in [0.2, 0.25) is 5.91 Å². The van der Waals surface area contributed by atoms with E-state index in [1.165, 1.54) is 0 Å². The van der Waals surface area contributed by atoms with E-state index >= 15 is 0 Å². The summed E-state index contributed by atoms with van der Waals surface area (Å²) in [6.45, 7) is 4.53. The van der Waals surface area contributed by atoms with Gasteiger partial charge in [0.05, 0.1) is 19.1 Å². The quantitative estimate of drug-likeness (QED) is 0.692. The maximum Gasteiger partial charge on any atom is 0.281 e. The molecule has 1 spiro atoms. The average molecular weight is 416 g/mol. The normalized spacial score (nSPS) is 30.4. The summed E-state index contributed by atoms with van der Waals surface area (Å²) in [5.74, 6) is -0.649. The number of carbonyl (C=O) groups is 1. The van der Waals surface area contributed by atoms with Crippen molar-refractivity contribution in [2.24, 2.45) is 5.92 Å². The van der Waals surface area contributed by atoms with Crippen LogP contribution in [0.3, 0.4) is 0 Å². The monoisotopic (exact) mass is 415 g/mol. The van der Waals surface area contributed by atoms with E-state index in [1.54, 1.807) is 8.61 Å². The van der Waals surface area contributed by atoms with Gasteiger partial charge in [0.15, 0.2) is 5.79 Å². The number of hydrogen-bond donors (Lipinski definition) is 0. The van der Waals surface area contributed by atoms with Gasteiger partial charge in [0.25, 0.3) is 10.2 Å². The van der Waals surface area contributed by atoms with Crippen molar-refractivity contribution in [1.29, 1.82) is 0 Å². The number of likely N-dealkylation sites (tertiary alicyclic amines) is 1. The van der Waals surface area contributed by atoms with E-state index < -0.39 is 16.0 Å². The second-order valence-corrected chi connectivity index (χ2v) is 10.4. The van der Waals surface area contributed by atoms with Crippen LogP contribution in [0.25, 0.3) is 0 Å². The van der Waals surface area contributed by atoms with Crippen molar-refractivity contribution in [3.05, 3.63) is 0 Å². The van der Waals surface area contributed by atoms with Crippen molar-refractivity contribution in [3.63, 3.8) is 0 Å². The molecule has 8 nitrogen and oxygen atoms in total. The van der Waals surface area contributed by atoms with E-state index in [0.29, 0.717) is 65.3 Å². The maximum absolute atomic E-state index is 13.1. The molecular formula is C19H33N3O5S. The van der Waals surface area contributed by atoms with Crippen molar-refractivity contribution >= 4 is 16.1 Å². The maximum atomic E-state index is 13.1. The van der Waals surface area contributed by atoms with E-state index in [9.17, 15) is 13.2 Å². The SMILES string of the molecule is O=C(C1CCCN(S(=O)(=O)N2CCCCCC2)C1)N1CCC2(CC1)OCCO2. The molecule has 0 bridgehead atoms. The smallest absolute Gasteiger partial charge is 0.281 e. The van der Waals surface area contributed by atoms with Gasteiger partial charge in [0, 0.05) is 52.1 Å². The van der Waals surface area contributed by atoms with Crippen LogP contribution in [0, 0.1) is 5.92 Å². The number of amides is 1. The molecule has 1 amide bonds.